The highest BCUT2D eigenvalue weighted by atomic mass is 16.3. The number of hydrogen-bond donors (Lipinski definition) is 0. The number of benzene rings is 2. The van der Waals surface area contributed by atoms with Crippen molar-refractivity contribution in [2.24, 2.45) is 0 Å². The molecule has 0 N–H and O–H groups in total. The molecule has 1 aliphatic rings. The van der Waals surface area contributed by atoms with Crippen molar-refractivity contribution in [1.82, 2.24) is 0 Å². The summed E-state index contributed by atoms with van der Waals surface area (Å²) in [4.78, 5) is 4.00. The minimum atomic E-state index is -0.156. The molecular formula is C22H24N2O2-2. The molecule has 0 amide bonds. The van der Waals surface area contributed by atoms with Gasteiger partial charge >= 0.3 is 0 Å². The average molecular weight is 348 g/mol. The fourth-order valence-electron chi connectivity index (χ4n) is 3.30. The highest BCUT2D eigenvalue weighted by Crippen LogP contribution is 2.44. The zero-order valence-electron chi connectivity index (χ0n) is 16.2. The number of allylic oxidation sites excluding steroid dienone is 2. The van der Waals surface area contributed by atoms with E-state index in [-0.39, 0.29) is 11.5 Å². The molecule has 0 aromatic heterocycles. The maximum atomic E-state index is 12.8. The van der Waals surface area contributed by atoms with Crippen LogP contribution in [0.25, 0.3) is 11.1 Å². The van der Waals surface area contributed by atoms with E-state index >= 15 is 0 Å². The molecule has 4 heteroatoms. The largest absolute Gasteiger partial charge is 0.872 e. The summed E-state index contributed by atoms with van der Waals surface area (Å²) >= 11 is 0. The molecule has 0 spiro atoms. The number of anilines is 2. The van der Waals surface area contributed by atoms with Crippen LogP contribution in [0.2, 0.25) is 0 Å². The highest BCUT2D eigenvalue weighted by Gasteiger charge is 2.21. The fraction of sp³-hybridized carbons (Fsp3) is 0.273. The third kappa shape index (κ3) is 2.81. The van der Waals surface area contributed by atoms with Gasteiger partial charge in [-0.1, -0.05) is 23.7 Å². The minimum absolute atomic E-state index is 0.156. The molecule has 1 aliphatic carbocycles. The van der Waals surface area contributed by atoms with Crippen LogP contribution in [-0.4, -0.2) is 28.2 Å². The van der Waals surface area contributed by atoms with Crippen molar-refractivity contribution in [3.8, 4) is 0 Å². The Kier molecular flexibility index (Phi) is 4.45. The summed E-state index contributed by atoms with van der Waals surface area (Å²) in [5.74, 6) is -0.312. The van der Waals surface area contributed by atoms with Crippen molar-refractivity contribution in [3.63, 3.8) is 0 Å². The Hall–Kier alpha value is -2.88. The van der Waals surface area contributed by atoms with Gasteiger partial charge in [-0.3, -0.25) is 0 Å². The summed E-state index contributed by atoms with van der Waals surface area (Å²) in [6, 6.07) is 11.6. The Morgan fingerprint density at radius 2 is 0.962 bits per heavy atom. The predicted molar refractivity (Wildman–Crippen MR) is 105 cm³/mol. The predicted octanol–water partition coefficient (Wildman–Crippen LogP) is 2.29. The first-order chi connectivity index (χ1) is 12.2. The molecule has 2 aromatic carbocycles. The van der Waals surface area contributed by atoms with E-state index < -0.39 is 0 Å². The van der Waals surface area contributed by atoms with Crippen LogP contribution in [0, 0.1) is 13.8 Å². The van der Waals surface area contributed by atoms with Crippen LogP contribution < -0.4 is 20.0 Å². The van der Waals surface area contributed by atoms with Crippen LogP contribution in [-0.2, 0) is 0 Å². The van der Waals surface area contributed by atoms with Gasteiger partial charge in [0.2, 0.25) is 0 Å². The second-order valence-electron chi connectivity index (χ2n) is 7.20. The van der Waals surface area contributed by atoms with E-state index in [0.29, 0.717) is 11.1 Å². The summed E-state index contributed by atoms with van der Waals surface area (Å²) in [5, 5.41) is 25.6. The molecule has 0 unspecified atom stereocenters. The lowest BCUT2D eigenvalue weighted by atomic mass is 9.81. The number of hydrogen-bond acceptors (Lipinski definition) is 4. The van der Waals surface area contributed by atoms with Gasteiger partial charge in [-0.25, -0.2) is 0 Å². The van der Waals surface area contributed by atoms with Crippen molar-refractivity contribution in [2.45, 2.75) is 13.8 Å². The van der Waals surface area contributed by atoms with E-state index in [2.05, 4.69) is 0 Å². The Morgan fingerprint density at radius 3 is 1.23 bits per heavy atom. The van der Waals surface area contributed by atoms with Gasteiger partial charge in [-0.15, -0.1) is 0 Å². The molecule has 0 aliphatic heterocycles. The Bertz CT molecular complexity index is 849. The van der Waals surface area contributed by atoms with E-state index in [1.165, 1.54) is 0 Å². The second kappa shape index (κ2) is 6.45. The topological polar surface area (TPSA) is 52.6 Å². The maximum Gasteiger partial charge on any atom is 0.0364 e. The molecule has 0 fully saturated rings. The van der Waals surface area contributed by atoms with E-state index in [1.807, 2.05) is 88.2 Å². The second-order valence-corrected chi connectivity index (χ2v) is 7.20. The summed E-state index contributed by atoms with van der Waals surface area (Å²) < 4.78 is 0. The van der Waals surface area contributed by atoms with Crippen LogP contribution in [0.4, 0.5) is 11.4 Å². The summed E-state index contributed by atoms with van der Waals surface area (Å²) in [7, 11) is 7.86. The molecular weight excluding hydrogens is 324 g/mol. The summed E-state index contributed by atoms with van der Waals surface area (Å²) in [6.45, 7) is 3.87. The van der Waals surface area contributed by atoms with Crippen LogP contribution >= 0.6 is 0 Å². The standard InChI is InChI=1S/C22H26N2O2/c1-13-11-15(23(3)4)7-9-17(13)19-21(25)20(22(19)26)18-10-8-16(24(5)6)12-14(18)2/h7-12,25-26H,1-6H3/p-2. The Morgan fingerprint density at radius 1 is 0.615 bits per heavy atom. The van der Waals surface area contributed by atoms with Gasteiger partial charge in [0.15, 0.2) is 0 Å². The SMILES string of the molecule is Cc1cc(N(C)C)ccc1C1=C([O-])C(c2ccc(N(C)C)cc2C)=C1[O-]. The molecule has 0 saturated carbocycles. The van der Waals surface area contributed by atoms with Crippen LogP contribution in [0.3, 0.4) is 0 Å². The lowest BCUT2D eigenvalue weighted by molar-refractivity contribution is -0.316. The van der Waals surface area contributed by atoms with Crippen molar-refractivity contribution < 1.29 is 10.2 Å². The van der Waals surface area contributed by atoms with Crippen LogP contribution in [0.1, 0.15) is 22.3 Å². The molecule has 0 atom stereocenters. The molecule has 0 radical (unpaired) electrons. The van der Waals surface area contributed by atoms with E-state index in [4.69, 9.17) is 0 Å². The van der Waals surface area contributed by atoms with Crippen LogP contribution in [0.5, 0.6) is 0 Å². The number of nitrogens with zero attached hydrogens (tertiary/aromatic N) is 2. The van der Waals surface area contributed by atoms with Gasteiger partial charge < -0.3 is 20.0 Å². The monoisotopic (exact) mass is 348 g/mol. The van der Waals surface area contributed by atoms with E-state index in [1.54, 1.807) is 0 Å². The van der Waals surface area contributed by atoms with E-state index in [9.17, 15) is 10.2 Å². The Balaban J connectivity index is 1.99. The lowest BCUT2D eigenvalue weighted by Crippen LogP contribution is -2.27. The average Bonchev–Trinajstić information content (AvgIpc) is 2.58. The molecule has 26 heavy (non-hydrogen) atoms. The molecule has 4 nitrogen and oxygen atoms in total. The zero-order chi connectivity index (χ0) is 19.2. The number of rotatable bonds is 4. The molecule has 3 rings (SSSR count). The molecule has 0 saturated heterocycles. The first-order valence-electron chi connectivity index (χ1n) is 8.62. The highest BCUT2D eigenvalue weighted by molar-refractivity contribution is 6.06. The molecule has 136 valence electrons. The van der Waals surface area contributed by atoms with Gasteiger partial charge in [0.1, 0.15) is 0 Å². The van der Waals surface area contributed by atoms with Crippen molar-refractivity contribution in [3.05, 3.63) is 70.2 Å². The lowest BCUT2D eigenvalue weighted by Gasteiger charge is -2.41. The molecule has 2 aromatic rings. The third-order valence-electron chi connectivity index (χ3n) is 4.90. The third-order valence-corrected chi connectivity index (χ3v) is 4.90. The maximum absolute atomic E-state index is 12.8. The van der Waals surface area contributed by atoms with Crippen molar-refractivity contribution in [2.75, 3.05) is 38.0 Å². The van der Waals surface area contributed by atoms with Gasteiger partial charge in [-0.2, -0.15) is 0 Å². The van der Waals surface area contributed by atoms with E-state index in [0.717, 1.165) is 33.6 Å². The Labute approximate surface area is 155 Å². The van der Waals surface area contributed by atoms with Gasteiger partial charge in [0.25, 0.3) is 0 Å². The first kappa shape index (κ1) is 17.9. The summed E-state index contributed by atoms with van der Waals surface area (Å²) in [5.41, 5.74) is 6.04. The smallest absolute Gasteiger partial charge is 0.0364 e. The van der Waals surface area contributed by atoms with Crippen molar-refractivity contribution in [1.29, 1.82) is 0 Å². The quantitative estimate of drug-likeness (QED) is 0.851. The number of aryl methyl sites for hydroxylation is 2. The van der Waals surface area contributed by atoms with Gasteiger partial charge in [0.05, 0.1) is 0 Å². The minimum Gasteiger partial charge on any atom is -0.872 e. The van der Waals surface area contributed by atoms with Crippen molar-refractivity contribution >= 4 is 22.5 Å². The van der Waals surface area contributed by atoms with Crippen LogP contribution in [0.15, 0.2) is 47.9 Å². The van der Waals surface area contributed by atoms with Gasteiger partial charge in [-0.05, 0) is 71.5 Å². The first-order valence-corrected chi connectivity index (χ1v) is 8.62. The summed E-state index contributed by atoms with van der Waals surface area (Å²) in [6.07, 6.45) is 0. The zero-order valence-corrected chi connectivity index (χ0v) is 16.2. The van der Waals surface area contributed by atoms with Gasteiger partial charge in [0, 0.05) is 39.6 Å². The molecule has 0 bridgehead atoms. The normalized spacial score (nSPS) is 13.8. The fourth-order valence-corrected chi connectivity index (χ4v) is 3.30. The molecule has 0 heterocycles.